The molecule has 4 rings (SSSR count). The zero-order chi connectivity index (χ0) is 20.4. The fraction of sp³-hybridized carbons (Fsp3) is 0.348. The standard InChI is InChI=1S/C23H25N3O3/c1-16(27)24-20-10-9-18-14-21(23(29)25-11-5-6-12-25)26(15-19(18)13-20)22(28)17-7-3-2-4-8-17/h2-4,7-10,13,21H,5-6,11-12,14-15H2,1H3,(H,24,27)/t21-/m1/s1. The van der Waals surface area contributed by atoms with E-state index in [1.54, 1.807) is 17.0 Å². The number of hydrogen-bond donors (Lipinski definition) is 1. The van der Waals surface area contributed by atoms with Crippen LogP contribution in [0.3, 0.4) is 0 Å². The number of hydrogen-bond acceptors (Lipinski definition) is 3. The first-order chi connectivity index (χ1) is 14.0. The first kappa shape index (κ1) is 19.2. The van der Waals surface area contributed by atoms with E-state index < -0.39 is 6.04 Å². The molecule has 0 bridgehead atoms. The number of anilines is 1. The number of nitrogens with one attached hydrogen (secondary N) is 1. The summed E-state index contributed by atoms with van der Waals surface area (Å²) in [5.41, 5.74) is 3.29. The highest BCUT2D eigenvalue weighted by atomic mass is 16.2. The summed E-state index contributed by atoms with van der Waals surface area (Å²) in [5.74, 6) is -0.248. The lowest BCUT2D eigenvalue weighted by Crippen LogP contribution is -2.53. The molecule has 6 nitrogen and oxygen atoms in total. The van der Waals surface area contributed by atoms with Gasteiger partial charge in [-0.05, 0) is 48.2 Å². The lowest BCUT2D eigenvalue weighted by atomic mass is 9.92. The first-order valence-electron chi connectivity index (χ1n) is 10.1. The molecule has 1 atom stereocenters. The molecule has 150 valence electrons. The number of rotatable bonds is 3. The smallest absolute Gasteiger partial charge is 0.254 e. The van der Waals surface area contributed by atoms with Gasteiger partial charge in [0.05, 0.1) is 0 Å². The van der Waals surface area contributed by atoms with Crippen molar-refractivity contribution < 1.29 is 14.4 Å². The molecule has 2 heterocycles. The topological polar surface area (TPSA) is 69.7 Å². The van der Waals surface area contributed by atoms with Crippen LogP contribution in [0.4, 0.5) is 5.69 Å². The maximum absolute atomic E-state index is 13.3. The normalized spacial score (nSPS) is 18.3. The van der Waals surface area contributed by atoms with Gasteiger partial charge in [-0.1, -0.05) is 24.3 Å². The summed E-state index contributed by atoms with van der Waals surface area (Å²) >= 11 is 0. The van der Waals surface area contributed by atoms with Gasteiger partial charge < -0.3 is 15.1 Å². The van der Waals surface area contributed by atoms with Crippen molar-refractivity contribution in [3.8, 4) is 0 Å². The molecule has 3 amide bonds. The van der Waals surface area contributed by atoms with Crippen molar-refractivity contribution in [2.45, 2.75) is 38.8 Å². The number of nitrogens with zero attached hydrogens (tertiary/aromatic N) is 2. The van der Waals surface area contributed by atoms with Crippen LogP contribution in [0.2, 0.25) is 0 Å². The van der Waals surface area contributed by atoms with Gasteiger partial charge in [0, 0.05) is 44.2 Å². The Balaban J connectivity index is 1.67. The monoisotopic (exact) mass is 391 g/mol. The van der Waals surface area contributed by atoms with Gasteiger partial charge >= 0.3 is 0 Å². The summed E-state index contributed by atoms with van der Waals surface area (Å²) in [4.78, 5) is 41.5. The minimum atomic E-state index is -0.500. The van der Waals surface area contributed by atoms with E-state index in [2.05, 4.69) is 5.32 Å². The second-order valence-electron chi connectivity index (χ2n) is 7.72. The molecular weight excluding hydrogens is 366 g/mol. The molecule has 0 aromatic heterocycles. The third kappa shape index (κ3) is 4.01. The van der Waals surface area contributed by atoms with E-state index >= 15 is 0 Å². The molecule has 0 spiro atoms. The van der Waals surface area contributed by atoms with Gasteiger partial charge in [0.2, 0.25) is 11.8 Å². The highest BCUT2D eigenvalue weighted by molar-refractivity contribution is 5.98. The van der Waals surface area contributed by atoms with Crippen LogP contribution < -0.4 is 5.32 Å². The van der Waals surface area contributed by atoms with E-state index in [9.17, 15) is 14.4 Å². The summed E-state index contributed by atoms with van der Waals surface area (Å²) in [7, 11) is 0. The fourth-order valence-electron chi connectivity index (χ4n) is 4.19. The largest absolute Gasteiger partial charge is 0.341 e. The summed E-state index contributed by atoms with van der Waals surface area (Å²) in [6.45, 7) is 3.34. The molecule has 6 heteroatoms. The molecule has 2 aliphatic heterocycles. The first-order valence-corrected chi connectivity index (χ1v) is 10.1. The van der Waals surface area contributed by atoms with Gasteiger partial charge in [0.25, 0.3) is 5.91 Å². The van der Waals surface area contributed by atoms with Crippen LogP contribution in [-0.2, 0) is 22.6 Å². The van der Waals surface area contributed by atoms with Crippen molar-refractivity contribution in [3.05, 3.63) is 65.2 Å². The molecular formula is C23H25N3O3. The summed E-state index contributed by atoms with van der Waals surface area (Å²) < 4.78 is 0. The molecule has 2 aliphatic rings. The summed E-state index contributed by atoms with van der Waals surface area (Å²) in [6, 6.07) is 14.3. The van der Waals surface area contributed by atoms with E-state index in [0.29, 0.717) is 24.2 Å². The van der Waals surface area contributed by atoms with E-state index in [-0.39, 0.29) is 17.7 Å². The zero-order valence-electron chi connectivity index (χ0n) is 16.6. The Morgan fingerprint density at radius 2 is 1.69 bits per heavy atom. The van der Waals surface area contributed by atoms with E-state index in [0.717, 1.165) is 37.1 Å². The van der Waals surface area contributed by atoms with Crippen LogP contribution in [0, 0.1) is 0 Å². The second-order valence-corrected chi connectivity index (χ2v) is 7.72. The Morgan fingerprint density at radius 3 is 2.38 bits per heavy atom. The zero-order valence-corrected chi connectivity index (χ0v) is 16.6. The Labute approximate surface area is 170 Å². The molecule has 2 aromatic carbocycles. The lowest BCUT2D eigenvalue weighted by molar-refractivity contribution is -0.135. The van der Waals surface area contributed by atoms with Crippen molar-refractivity contribution in [2.24, 2.45) is 0 Å². The number of amides is 3. The number of carbonyl (C=O) groups excluding carboxylic acids is 3. The summed E-state index contributed by atoms with van der Waals surface area (Å²) in [5, 5.41) is 2.79. The van der Waals surface area contributed by atoms with E-state index in [1.165, 1.54) is 6.92 Å². The minimum Gasteiger partial charge on any atom is -0.341 e. The van der Waals surface area contributed by atoms with Crippen molar-refractivity contribution in [1.29, 1.82) is 0 Å². The Bertz CT molecular complexity index is 936. The van der Waals surface area contributed by atoms with Crippen LogP contribution >= 0.6 is 0 Å². The number of benzene rings is 2. The third-order valence-electron chi connectivity index (χ3n) is 5.64. The van der Waals surface area contributed by atoms with Gasteiger partial charge in [0.1, 0.15) is 6.04 Å². The van der Waals surface area contributed by atoms with Gasteiger partial charge in [0.15, 0.2) is 0 Å². The lowest BCUT2D eigenvalue weighted by Gasteiger charge is -2.38. The Hall–Kier alpha value is -3.15. The molecule has 0 saturated carbocycles. The quantitative estimate of drug-likeness (QED) is 0.875. The van der Waals surface area contributed by atoms with Crippen LogP contribution in [-0.4, -0.2) is 46.7 Å². The molecule has 1 N–H and O–H groups in total. The molecule has 2 aromatic rings. The van der Waals surface area contributed by atoms with Crippen molar-refractivity contribution in [3.63, 3.8) is 0 Å². The van der Waals surface area contributed by atoms with Crippen molar-refractivity contribution >= 4 is 23.4 Å². The Morgan fingerprint density at radius 1 is 0.966 bits per heavy atom. The van der Waals surface area contributed by atoms with Gasteiger partial charge in [-0.15, -0.1) is 0 Å². The number of likely N-dealkylation sites (tertiary alicyclic amines) is 1. The molecule has 0 unspecified atom stereocenters. The highest BCUT2D eigenvalue weighted by Gasteiger charge is 2.37. The average Bonchev–Trinajstić information content (AvgIpc) is 3.27. The van der Waals surface area contributed by atoms with Crippen molar-refractivity contribution in [2.75, 3.05) is 18.4 Å². The van der Waals surface area contributed by atoms with E-state index in [4.69, 9.17) is 0 Å². The SMILES string of the molecule is CC(=O)Nc1ccc2c(c1)CN(C(=O)c1ccccc1)[C@@H](C(=O)N1CCCC1)C2. The Kier molecular flexibility index (Phi) is 5.34. The maximum atomic E-state index is 13.3. The van der Waals surface area contributed by atoms with E-state index in [1.807, 2.05) is 41.3 Å². The molecule has 29 heavy (non-hydrogen) atoms. The van der Waals surface area contributed by atoms with Gasteiger partial charge in [-0.2, -0.15) is 0 Å². The third-order valence-corrected chi connectivity index (χ3v) is 5.64. The maximum Gasteiger partial charge on any atom is 0.254 e. The molecule has 1 fully saturated rings. The van der Waals surface area contributed by atoms with Crippen LogP contribution in [0.5, 0.6) is 0 Å². The highest BCUT2D eigenvalue weighted by Crippen LogP contribution is 2.29. The second kappa shape index (κ2) is 8.07. The average molecular weight is 391 g/mol. The van der Waals surface area contributed by atoms with Gasteiger partial charge in [-0.25, -0.2) is 0 Å². The van der Waals surface area contributed by atoms with Crippen molar-refractivity contribution in [1.82, 2.24) is 9.80 Å². The van der Waals surface area contributed by atoms with Gasteiger partial charge in [-0.3, -0.25) is 14.4 Å². The van der Waals surface area contributed by atoms with Crippen LogP contribution in [0.1, 0.15) is 41.3 Å². The predicted molar refractivity (Wildman–Crippen MR) is 110 cm³/mol. The molecule has 0 aliphatic carbocycles. The number of carbonyl (C=O) groups is 3. The predicted octanol–water partition coefficient (Wildman–Crippen LogP) is 2.83. The fourth-order valence-corrected chi connectivity index (χ4v) is 4.19. The number of fused-ring (bicyclic) bond motifs is 1. The molecule has 1 saturated heterocycles. The van der Waals surface area contributed by atoms with Crippen LogP contribution in [0.15, 0.2) is 48.5 Å². The summed E-state index contributed by atoms with van der Waals surface area (Å²) in [6.07, 6.45) is 2.52. The molecule has 0 radical (unpaired) electrons. The minimum absolute atomic E-state index is 0.0309. The van der Waals surface area contributed by atoms with Crippen LogP contribution in [0.25, 0.3) is 0 Å².